The summed E-state index contributed by atoms with van der Waals surface area (Å²) < 4.78 is 0. The maximum absolute atomic E-state index is 14.5. The Bertz CT molecular complexity index is 2450. The number of carbonyl (C=O) groups is 9. The number of aliphatic hydroxyl groups excluding tert-OH is 1. The molecule has 3 aromatic rings. The van der Waals surface area contributed by atoms with Gasteiger partial charge in [0.05, 0.1) is 12.6 Å². The topological polar surface area (TPSA) is 363 Å². The number of aliphatic carboxylic acids is 1. The molecule has 0 heterocycles. The van der Waals surface area contributed by atoms with Gasteiger partial charge in [0.15, 0.2) is 0 Å². The molecule has 79 heavy (non-hydrogen) atoms. The smallest absolute Gasteiger partial charge is 0.326 e. The molecule has 0 spiro atoms. The lowest BCUT2D eigenvalue weighted by atomic mass is 9.96. The molecule has 22 heteroatoms. The summed E-state index contributed by atoms with van der Waals surface area (Å²) in [7, 11) is 0. The molecule has 0 fully saturated rings. The fourth-order valence-electron chi connectivity index (χ4n) is 8.47. The monoisotopic (exact) mass is 1100 g/mol. The first-order chi connectivity index (χ1) is 37.5. The molecule has 434 valence electrons. The number of hydrogen-bond acceptors (Lipinski definition) is 13. The van der Waals surface area contributed by atoms with E-state index < -0.39 is 132 Å². The van der Waals surface area contributed by atoms with Gasteiger partial charge in [-0.3, -0.25) is 38.4 Å². The number of unbranched alkanes of at least 4 members (excludes halogenated alkanes) is 1. The zero-order chi connectivity index (χ0) is 58.8. The van der Waals surface area contributed by atoms with E-state index in [1.54, 1.807) is 90.9 Å². The van der Waals surface area contributed by atoms with Crippen molar-refractivity contribution in [2.45, 2.75) is 161 Å². The van der Waals surface area contributed by atoms with Gasteiger partial charge >= 0.3 is 5.97 Å². The lowest BCUT2D eigenvalue weighted by molar-refractivity contribution is -0.143. The van der Waals surface area contributed by atoms with Crippen LogP contribution in [0.1, 0.15) is 104 Å². The molecule has 0 aliphatic carbocycles. The highest BCUT2D eigenvalue weighted by atomic mass is 16.4. The van der Waals surface area contributed by atoms with E-state index in [2.05, 4.69) is 42.5 Å². The summed E-state index contributed by atoms with van der Waals surface area (Å²) >= 11 is 0. The molecule has 22 nitrogen and oxygen atoms in total. The molecule has 10 atom stereocenters. The van der Waals surface area contributed by atoms with Crippen molar-refractivity contribution >= 4 is 53.2 Å². The Balaban J connectivity index is 1.86. The molecule has 0 saturated carbocycles. The zero-order valence-electron chi connectivity index (χ0n) is 46.5. The minimum absolute atomic E-state index is 0.0410. The van der Waals surface area contributed by atoms with E-state index in [0.29, 0.717) is 36.8 Å². The van der Waals surface area contributed by atoms with Crippen LogP contribution in [0.4, 0.5) is 0 Å². The van der Waals surface area contributed by atoms with Crippen molar-refractivity contribution < 1.29 is 58.5 Å². The van der Waals surface area contributed by atoms with Crippen molar-refractivity contribution in [3.63, 3.8) is 0 Å². The van der Waals surface area contributed by atoms with Crippen molar-refractivity contribution in [3.8, 4) is 5.75 Å². The Morgan fingerprint density at radius 2 is 0.873 bits per heavy atom. The molecule has 0 bridgehead atoms. The second kappa shape index (κ2) is 33.8. The Hall–Kier alpha value is -7.43. The van der Waals surface area contributed by atoms with E-state index in [-0.39, 0.29) is 44.4 Å². The average molecular weight is 1100 g/mol. The molecule has 3 rings (SSSR count). The number of benzene rings is 3. The number of carboxylic acid groups (broad SMARTS) is 1. The second-order valence-corrected chi connectivity index (χ2v) is 20.6. The molecule has 0 radical (unpaired) electrons. The number of phenolic OH excluding ortho intramolecular Hbond substituents is 1. The Labute approximate surface area is 463 Å². The van der Waals surface area contributed by atoms with Gasteiger partial charge in [0.1, 0.15) is 54.1 Å². The van der Waals surface area contributed by atoms with Gasteiger partial charge in [0.25, 0.3) is 0 Å². The summed E-state index contributed by atoms with van der Waals surface area (Å²) in [6.45, 7) is 11.3. The van der Waals surface area contributed by atoms with Crippen molar-refractivity contribution in [3.05, 3.63) is 102 Å². The van der Waals surface area contributed by atoms with Gasteiger partial charge in [-0.25, -0.2) is 4.79 Å². The van der Waals surface area contributed by atoms with E-state index in [1.165, 1.54) is 12.1 Å². The third-order valence-electron chi connectivity index (χ3n) is 13.4. The van der Waals surface area contributed by atoms with Crippen LogP contribution in [-0.4, -0.2) is 136 Å². The molecule has 0 aromatic heterocycles. The zero-order valence-corrected chi connectivity index (χ0v) is 46.5. The number of aliphatic hydroxyl groups is 1. The van der Waals surface area contributed by atoms with Crippen LogP contribution in [0.15, 0.2) is 84.9 Å². The fraction of sp³-hybridized carbons (Fsp3) is 0.526. The number of nitrogens with one attached hydrogen (secondary N) is 8. The molecule has 0 aliphatic rings. The van der Waals surface area contributed by atoms with Crippen molar-refractivity contribution in [2.75, 3.05) is 13.2 Å². The van der Waals surface area contributed by atoms with Gasteiger partial charge in [0.2, 0.25) is 47.3 Å². The van der Waals surface area contributed by atoms with Gasteiger partial charge in [-0.05, 0) is 85.2 Å². The summed E-state index contributed by atoms with van der Waals surface area (Å²) in [6.07, 6.45) is 1.72. The summed E-state index contributed by atoms with van der Waals surface area (Å²) in [5, 5.41) is 51.3. The number of aromatic hydroxyl groups is 1. The lowest BCUT2D eigenvalue weighted by Crippen LogP contribution is -2.62. The average Bonchev–Trinajstić information content (AvgIpc) is 3.42. The van der Waals surface area contributed by atoms with Crippen molar-refractivity contribution in [1.82, 2.24) is 42.5 Å². The fourth-order valence-corrected chi connectivity index (χ4v) is 8.47. The highest BCUT2D eigenvalue weighted by Crippen LogP contribution is 2.16. The molecule has 8 amide bonds. The molecule has 15 N–H and O–H groups in total. The number of amides is 8. The van der Waals surface area contributed by atoms with Crippen LogP contribution in [0.3, 0.4) is 0 Å². The summed E-state index contributed by atoms with van der Waals surface area (Å²) in [5.74, 6) is -9.06. The first-order valence-corrected chi connectivity index (χ1v) is 27.1. The first kappa shape index (κ1) is 65.9. The van der Waals surface area contributed by atoms with Crippen LogP contribution < -0.4 is 54.0 Å². The Morgan fingerprint density at radius 3 is 1.37 bits per heavy atom. The van der Waals surface area contributed by atoms with Gasteiger partial charge in [-0.1, -0.05) is 134 Å². The standard InChI is InChI=1S/C57H84N10O12/c1-8-18-41(60-54(75)45(32-68)64-55(76)46(33(3)4)65-49(70)40(59)29-36-19-12-10-13-20-36)50(71)61-42(23-16-17-28-58)51(72)67-48(35(7)9-2)56(77)63-43(30-37-21-14-11-15-22-37)52(73)62-44(31-38-24-26-39(69)27-25-38)53(74)66-47(34(5)6)57(78)79/h10-15,19-22,24-27,33-35,40-48,68-69H,8-9,16-18,23,28-32,58-59H2,1-7H3,(H,60,75)(H,61,71)(H,62,73)(H,63,77)(H,64,76)(H,65,70)(H,66,74)(H,67,72)(H,78,79)/t35-,40-,41-,42-,43-,44-,45-,46-,47-,48-/m0/s1. The largest absolute Gasteiger partial charge is 0.508 e. The van der Waals surface area contributed by atoms with Crippen LogP contribution in [0.5, 0.6) is 5.75 Å². The van der Waals surface area contributed by atoms with Crippen LogP contribution in [0.25, 0.3) is 0 Å². The molecule has 0 saturated heterocycles. The van der Waals surface area contributed by atoms with Crippen LogP contribution >= 0.6 is 0 Å². The van der Waals surface area contributed by atoms with Gasteiger partial charge in [-0.15, -0.1) is 0 Å². The lowest BCUT2D eigenvalue weighted by Gasteiger charge is -2.30. The Morgan fingerprint density at radius 1 is 0.468 bits per heavy atom. The SMILES string of the molecule is CCC[C@H](NC(=O)[C@H](CO)NC(=O)[C@@H](NC(=O)[C@@H](N)Cc1ccccc1)C(C)C)C(=O)N[C@@H](CCCCN)C(=O)N[C@H](C(=O)N[C@@H](Cc1ccccc1)C(=O)N[C@@H](Cc1ccc(O)cc1)C(=O)N[C@H](C(=O)O)C(C)C)[C@@H](C)CC. The number of rotatable bonds is 34. The Kier molecular flexibility index (Phi) is 28.1. The number of nitrogens with two attached hydrogens (primary N) is 2. The van der Waals surface area contributed by atoms with Gasteiger partial charge in [0, 0.05) is 12.8 Å². The quantitative estimate of drug-likeness (QED) is 0.0371. The molecular weight excluding hydrogens is 1020 g/mol. The normalized spacial score (nSPS) is 15.0. The third kappa shape index (κ3) is 22.1. The van der Waals surface area contributed by atoms with Gasteiger partial charge < -0.3 is 69.3 Å². The molecular formula is C57H84N10O12. The van der Waals surface area contributed by atoms with Crippen molar-refractivity contribution in [2.24, 2.45) is 29.2 Å². The summed E-state index contributed by atoms with van der Waals surface area (Å²) in [6, 6.07) is 12.2. The third-order valence-corrected chi connectivity index (χ3v) is 13.4. The van der Waals surface area contributed by atoms with Gasteiger partial charge in [-0.2, -0.15) is 0 Å². The van der Waals surface area contributed by atoms with E-state index in [9.17, 15) is 58.5 Å². The predicted molar refractivity (Wildman–Crippen MR) is 297 cm³/mol. The van der Waals surface area contributed by atoms with Crippen molar-refractivity contribution in [1.29, 1.82) is 0 Å². The van der Waals surface area contributed by atoms with E-state index >= 15 is 0 Å². The number of hydrogen-bond donors (Lipinski definition) is 13. The molecule has 0 unspecified atom stereocenters. The molecule has 0 aliphatic heterocycles. The van der Waals surface area contributed by atoms with Crippen LogP contribution in [-0.2, 0) is 62.4 Å². The number of carboxylic acids is 1. The van der Waals surface area contributed by atoms with Crippen LogP contribution in [0, 0.1) is 17.8 Å². The highest BCUT2D eigenvalue weighted by Gasteiger charge is 2.37. The highest BCUT2D eigenvalue weighted by molar-refractivity contribution is 5.98. The van der Waals surface area contributed by atoms with E-state index in [4.69, 9.17) is 11.5 Å². The van der Waals surface area contributed by atoms with E-state index in [1.807, 2.05) is 30.3 Å². The maximum Gasteiger partial charge on any atom is 0.326 e. The number of carbonyl (C=O) groups excluding carboxylic acids is 8. The first-order valence-electron chi connectivity index (χ1n) is 27.1. The second-order valence-electron chi connectivity index (χ2n) is 20.6. The molecule has 3 aromatic carbocycles. The maximum atomic E-state index is 14.5. The minimum Gasteiger partial charge on any atom is -0.508 e. The van der Waals surface area contributed by atoms with E-state index in [0.717, 1.165) is 5.56 Å². The predicted octanol–water partition coefficient (Wildman–Crippen LogP) is 0.990. The number of phenols is 1. The summed E-state index contributed by atoms with van der Waals surface area (Å²) in [4.78, 5) is 124. The minimum atomic E-state index is -1.56. The summed E-state index contributed by atoms with van der Waals surface area (Å²) in [5.41, 5.74) is 13.9. The van der Waals surface area contributed by atoms with Crippen LogP contribution in [0.2, 0.25) is 0 Å².